The van der Waals surface area contributed by atoms with Crippen LogP contribution in [0, 0.1) is 23.7 Å². The molecule has 56 heavy (non-hydrogen) atoms. The maximum atomic E-state index is 12.2. The summed E-state index contributed by atoms with van der Waals surface area (Å²) in [6.07, 6.45) is 0.558. The van der Waals surface area contributed by atoms with E-state index in [1.807, 2.05) is 12.1 Å². The second-order valence-electron chi connectivity index (χ2n) is 13.7. The average molecular weight is 762 g/mol. The first kappa shape index (κ1) is 38.0. The zero-order valence-corrected chi connectivity index (χ0v) is 31.0. The minimum atomic E-state index is -1.65. The Kier molecular flexibility index (Phi) is 10.2. The molecule has 16 heteroatoms. The number of aromatic nitrogens is 4. The summed E-state index contributed by atoms with van der Waals surface area (Å²) in [7, 11) is 3.28. The summed E-state index contributed by atoms with van der Waals surface area (Å²) in [4.78, 5) is 50.9. The number of fused-ring (bicyclic) bond motifs is 2. The molecule has 4 N–H and O–H groups in total. The van der Waals surface area contributed by atoms with Crippen LogP contribution in [-0.4, -0.2) is 108 Å². The Morgan fingerprint density at radius 2 is 1.25 bits per heavy atom. The average Bonchev–Trinajstić information content (AvgIpc) is 4.05. The van der Waals surface area contributed by atoms with E-state index in [0.717, 1.165) is 17.0 Å². The molecule has 0 saturated carbocycles. The minimum absolute atomic E-state index is 0.202. The summed E-state index contributed by atoms with van der Waals surface area (Å²) in [5.74, 6) is 9.32. The summed E-state index contributed by atoms with van der Waals surface area (Å²) in [6, 6.07) is 14.4. The van der Waals surface area contributed by atoms with Crippen LogP contribution in [0.15, 0.2) is 48.5 Å². The van der Waals surface area contributed by atoms with Gasteiger partial charge in [-0.25, -0.2) is 14.2 Å². The Hall–Kier alpha value is -6.30. The first-order valence-corrected chi connectivity index (χ1v) is 17.9. The van der Waals surface area contributed by atoms with Crippen LogP contribution in [0.1, 0.15) is 74.4 Å². The molecule has 0 unspecified atom stereocenters. The van der Waals surface area contributed by atoms with Gasteiger partial charge in [0.05, 0.1) is 55.8 Å². The largest absolute Gasteiger partial charge is 0.461 e. The lowest BCUT2D eigenvalue weighted by molar-refractivity contribution is -0.138. The number of amides is 3. The van der Waals surface area contributed by atoms with Gasteiger partial charge in [-0.15, -0.1) is 0 Å². The maximum absolute atomic E-state index is 12.2. The van der Waals surface area contributed by atoms with Gasteiger partial charge in [0.1, 0.15) is 0 Å². The molecule has 16 nitrogen and oxygen atoms in total. The lowest BCUT2D eigenvalue weighted by atomic mass is 10.0. The Morgan fingerprint density at radius 3 is 1.68 bits per heavy atom. The Balaban J connectivity index is 0.000000172. The number of likely N-dealkylation sites (N-methyl/N-ethyl adjacent to an activating group) is 2. The molecule has 2 fully saturated rings. The number of nitrogens with zero attached hydrogens (tertiary/aromatic N) is 6. The molecule has 2 saturated heterocycles. The van der Waals surface area contributed by atoms with Crippen LogP contribution in [0.3, 0.4) is 0 Å². The lowest BCUT2D eigenvalue weighted by Gasteiger charge is -2.13. The topological polar surface area (TPSA) is 205 Å². The fraction of sp³-hybridized carbons (Fsp3) is 0.350. The van der Waals surface area contributed by atoms with Gasteiger partial charge in [-0.3, -0.25) is 14.4 Å². The molecule has 0 aliphatic carbocycles. The highest BCUT2D eigenvalue weighted by molar-refractivity contribution is 5.93. The number of carbonyl (C=O) groups is 4. The van der Waals surface area contributed by atoms with E-state index in [9.17, 15) is 29.4 Å². The highest BCUT2D eigenvalue weighted by Gasteiger charge is 2.43. The molecule has 0 spiro atoms. The molecule has 4 aromatic rings. The second kappa shape index (κ2) is 15.1. The van der Waals surface area contributed by atoms with Crippen LogP contribution < -0.4 is 5.73 Å². The molecule has 2 aromatic heterocycles. The van der Waals surface area contributed by atoms with E-state index < -0.39 is 23.1 Å². The third-order valence-corrected chi connectivity index (χ3v) is 9.88. The van der Waals surface area contributed by atoms with Crippen LogP contribution >= 0.6 is 0 Å². The minimum Gasteiger partial charge on any atom is -0.461 e. The molecule has 0 radical (unpaired) electrons. The number of nitrogens with two attached hydrogens (primary N) is 1. The number of aliphatic hydroxyl groups is 2. The van der Waals surface area contributed by atoms with Crippen LogP contribution in [0.4, 0.5) is 0 Å². The van der Waals surface area contributed by atoms with Crippen LogP contribution in [0.25, 0.3) is 11.4 Å². The first-order chi connectivity index (χ1) is 26.8. The molecule has 4 aliphatic heterocycles. The summed E-state index contributed by atoms with van der Waals surface area (Å²) < 4.78 is 19.3. The molecule has 0 bridgehead atoms. The predicted molar refractivity (Wildman–Crippen MR) is 197 cm³/mol. The van der Waals surface area contributed by atoms with Crippen molar-refractivity contribution in [3.05, 3.63) is 93.6 Å². The monoisotopic (exact) mass is 761 g/mol. The van der Waals surface area contributed by atoms with E-state index in [4.69, 9.17) is 19.9 Å². The van der Waals surface area contributed by atoms with Crippen molar-refractivity contribution in [1.82, 2.24) is 29.4 Å². The Morgan fingerprint density at radius 1 is 0.786 bits per heavy atom. The van der Waals surface area contributed by atoms with Gasteiger partial charge < -0.3 is 40.0 Å². The number of likely N-dealkylation sites (tertiary alicyclic amines) is 2. The third kappa shape index (κ3) is 7.14. The fourth-order valence-electron chi connectivity index (χ4n) is 6.78. The molecule has 2 aromatic carbocycles. The van der Waals surface area contributed by atoms with Crippen molar-refractivity contribution in [1.29, 1.82) is 0 Å². The molecular weight excluding hydrogens is 722 g/mol. The third-order valence-electron chi connectivity index (χ3n) is 9.88. The van der Waals surface area contributed by atoms with Crippen molar-refractivity contribution < 1.29 is 43.6 Å². The molecule has 3 amide bonds. The maximum Gasteiger partial charge on any atom is 0.359 e. The van der Waals surface area contributed by atoms with Crippen LogP contribution in [0.5, 0.6) is 0 Å². The van der Waals surface area contributed by atoms with Gasteiger partial charge in [-0.1, -0.05) is 35.8 Å². The molecule has 6 heterocycles. The highest BCUT2D eigenvalue weighted by Crippen LogP contribution is 2.29. The lowest BCUT2D eigenvalue weighted by Crippen LogP contribution is -2.37. The number of carbonyl (C=O) groups excluding carboxylic acids is 4. The van der Waals surface area contributed by atoms with E-state index in [2.05, 4.69) is 33.9 Å². The predicted octanol–water partition coefficient (Wildman–Crippen LogP) is 0.970. The summed E-state index contributed by atoms with van der Waals surface area (Å²) >= 11 is 0. The second-order valence-corrected chi connectivity index (χ2v) is 13.7. The molecule has 8 rings (SSSR count). The number of benzene rings is 2. The molecule has 288 valence electrons. The van der Waals surface area contributed by atoms with Gasteiger partial charge >= 0.3 is 5.97 Å². The van der Waals surface area contributed by atoms with Gasteiger partial charge in [0.2, 0.25) is 11.2 Å². The van der Waals surface area contributed by atoms with E-state index in [1.165, 1.54) is 9.80 Å². The normalized spacial score (nSPS) is 20.7. The Bertz CT molecular complexity index is 2400. The van der Waals surface area contributed by atoms with Crippen LogP contribution in [-0.2, 0) is 50.2 Å². The van der Waals surface area contributed by atoms with Crippen molar-refractivity contribution in [3.63, 3.8) is 0 Å². The standard InChI is InChI=1S/C21H21N3O5.C19H18N4O4/c1-3-29-19(25)18-16-12-28-13-17(16)24(22-18)15-6-4-5-14(11-15)7-8-21(27)9-10-23(2)20(21)26;1-22-8-7-19(26,18(22)25)6-5-12-3-2-4-13(9-12)23-15-11-27-10-14(15)16(21-23)17(20)24/h4-6,11,27H,3,9-10,12-13H2,1-2H3;2-4,9,26H,7-8,10-11H2,1H3,(H2,20,24)/t21-;19-/m00/s1. The van der Waals surface area contributed by atoms with Crippen molar-refractivity contribution in [2.75, 3.05) is 33.8 Å². The number of rotatable bonds is 5. The van der Waals surface area contributed by atoms with Gasteiger partial charge in [0.25, 0.3) is 17.7 Å². The van der Waals surface area contributed by atoms with Gasteiger partial charge in [-0.2, -0.15) is 10.2 Å². The number of hydrogen-bond acceptors (Lipinski definition) is 11. The van der Waals surface area contributed by atoms with E-state index in [1.54, 1.807) is 66.8 Å². The van der Waals surface area contributed by atoms with E-state index >= 15 is 0 Å². The van der Waals surface area contributed by atoms with Crippen molar-refractivity contribution in [2.45, 2.75) is 57.4 Å². The number of primary amides is 1. The van der Waals surface area contributed by atoms with Crippen molar-refractivity contribution in [3.8, 4) is 35.1 Å². The summed E-state index contributed by atoms with van der Waals surface area (Å²) in [5.41, 5.74) is 8.21. The van der Waals surface area contributed by atoms with E-state index in [-0.39, 0.29) is 42.7 Å². The first-order valence-electron chi connectivity index (χ1n) is 17.9. The SMILES string of the molecule is CCOC(=O)c1nn(-c2cccc(C#C[C@]3(O)CCN(C)C3=O)c2)c2c1COC2.CN1CC[C@@](O)(C#Cc2cccc(-n3nc(C(N)=O)c4c3COC4)c2)C1=O. The zero-order valence-electron chi connectivity index (χ0n) is 31.0. The van der Waals surface area contributed by atoms with Crippen molar-refractivity contribution in [2.24, 2.45) is 5.73 Å². The smallest absolute Gasteiger partial charge is 0.359 e. The van der Waals surface area contributed by atoms with Crippen molar-refractivity contribution >= 4 is 23.7 Å². The Labute approximate surface area is 321 Å². The highest BCUT2D eigenvalue weighted by atomic mass is 16.5. The summed E-state index contributed by atoms with van der Waals surface area (Å²) in [6.45, 7) is 4.25. The quantitative estimate of drug-likeness (QED) is 0.193. The zero-order chi connectivity index (χ0) is 39.8. The number of ether oxygens (including phenoxy) is 3. The van der Waals surface area contributed by atoms with E-state index in [0.29, 0.717) is 67.6 Å². The van der Waals surface area contributed by atoms with Gasteiger partial charge in [0.15, 0.2) is 11.4 Å². The number of esters is 1. The van der Waals surface area contributed by atoms with Gasteiger partial charge in [-0.05, 0) is 43.3 Å². The molecule has 4 aliphatic rings. The number of hydrogen-bond donors (Lipinski definition) is 3. The molecule has 2 atom stereocenters. The van der Waals surface area contributed by atoms with Crippen LogP contribution in [0.2, 0.25) is 0 Å². The van der Waals surface area contributed by atoms with Gasteiger partial charge in [0, 0.05) is 62.3 Å². The fourth-order valence-corrected chi connectivity index (χ4v) is 6.78. The summed E-state index contributed by atoms with van der Waals surface area (Å²) in [5, 5.41) is 29.6. The molecular formula is C40H39N7O9.